The Labute approximate surface area is 220 Å². The molecule has 0 fully saturated rings. The number of carboxylic acids is 1. The van der Waals surface area contributed by atoms with Crippen LogP contribution in [-0.4, -0.2) is 34.1 Å². The van der Waals surface area contributed by atoms with Gasteiger partial charge < -0.3 is 14.6 Å². The van der Waals surface area contributed by atoms with Gasteiger partial charge in [-0.05, 0) is 83.8 Å². The van der Waals surface area contributed by atoms with Crippen molar-refractivity contribution in [1.82, 2.24) is 9.78 Å². The van der Waals surface area contributed by atoms with Gasteiger partial charge in [-0.15, -0.1) is 0 Å². The van der Waals surface area contributed by atoms with E-state index < -0.39 is 5.97 Å². The minimum Gasteiger partial charge on any atom is -0.489 e. The smallest absolute Gasteiger partial charge is 0.341 e. The van der Waals surface area contributed by atoms with Crippen LogP contribution in [-0.2, 0) is 11.3 Å². The third-order valence-corrected chi connectivity index (χ3v) is 5.67. The van der Waals surface area contributed by atoms with E-state index in [1.165, 1.54) is 0 Å². The minimum absolute atomic E-state index is 0.332. The molecule has 1 heterocycles. The molecule has 4 rings (SSSR count). The summed E-state index contributed by atoms with van der Waals surface area (Å²) in [6.45, 7) is 2.33. The van der Waals surface area contributed by atoms with Crippen molar-refractivity contribution in [2.75, 3.05) is 13.2 Å². The summed E-state index contributed by atoms with van der Waals surface area (Å²) in [7, 11) is 0. The van der Waals surface area contributed by atoms with Crippen molar-refractivity contribution in [3.63, 3.8) is 0 Å². The van der Waals surface area contributed by atoms with Gasteiger partial charge in [0.1, 0.15) is 24.7 Å². The lowest BCUT2D eigenvalue weighted by Crippen LogP contribution is -2.10. The summed E-state index contributed by atoms with van der Waals surface area (Å²) < 4.78 is 13.0. The monoisotopic (exact) mass is 512 g/mol. The van der Waals surface area contributed by atoms with E-state index in [0.29, 0.717) is 29.7 Å². The first kappa shape index (κ1) is 25.6. The van der Waals surface area contributed by atoms with Crippen LogP contribution < -0.4 is 9.47 Å². The summed E-state index contributed by atoms with van der Waals surface area (Å²) in [5.41, 5.74) is 4.76. The number of carboxylic acid groups (broad SMARTS) is 1. The molecule has 1 aromatic heterocycles. The Morgan fingerprint density at radius 2 is 1.78 bits per heavy atom. The molecule has 0 atom stereocenters. The number of aryl methyl sites for hydroxylation is 1. The maximum atomic E-state index is 10.7. The Balaban J connectivity index is 1.49. The average molecular weight is 513 g/mol. The van der Waals surface area contributed by atoms with Crippen molar-refractivity contribution in [2.24, 2.45) is 0 Å². The van der Waals surface area contributed by atoms with E-state index in [4.69, 9.17) is 26.2 Å². The molecule has 4 aromatic rings. The van der Waals surface area contributed by atoms with Crippen LogP contribution in [0.5, 0.6) is 11.5 Å². The second-order valence-corrected chi connectivity index (χ2v) is 8.56. The molecule has 3 aromatic carbocycles. The Hall–Kier alpha value is -4.47. The van der Waals surface area contributed by atoms with Crippen LogP contribution in [0, 0.1) is 18.8 Å². The Morgan fingerprint density at radius 1 is 1.05 bits per heavy atom. The molecule has 0 aliphatic heterocycles. The second-order valence-electron chi connectivity index (χ2n) is 8.13. The van der Waals surface area contributed by atoms with E-state index >= 15 is 0 Å². The maximum Gasteiger partial charge on any atom is 0.341 e. The summed E-state index contributed by atoms with van der Waals surface area (Å²) in [5, 5.41) is 13.6. The van der Waals surface area contributed by atoms with Crippen molar-refractivity contribution < 1.29 is 19.4 Å². The topological polar surface area (TPSA) is 73.6 Å². The zero-order valence-electron chi connectivity index (χ0n) is 20.2. The third kappa shape index (κ3) is 7.50. The van der Waals surface area contributed by atoms with Gasteiger partial charge in [-0.25, -0.2) is 4.79 Å². The number of nitrogens with zero attached hydrogens (tertiary/aromatic N) is 2. The van der Waals surface area contributed by atoms with Crippen molar-refractivity contribution >= 4 is 23.1 Å². The lowest BCUT2D eigenvalue weighted by molar-refractivity contribution is -0.139. The molecule has 1 N–H and O–H groups in total. The molecule has 0 aliphatic rings. The van der Waals surface area contributed by atoms with Crippen LogP contribution >= 0.6 is 11.6 Å². The zero-order chi connectivity index (χ0) is 26.0. The summed E-state index contributed by atoms with van der Waals surface area (Å²) in [6.07, 6.45) is 5.63. The quantitative estimate of drug-likeness (QED) is 0.284. The Bertz CT molecular complexity index is 1430. The third-order valence-electron chi connectivity index (χ3n) is 5.42. The lowest BCUT2D eigenvalue weighted by Gasteiger charge is -2.12. The van der Waals surface area contributed by atoms with Crippen LogP contribution in [0.15, 0.2) is 91.3 Å². The molecule has 0 saturated heterocycles. The first-order valence-electron chi connectivity index (χ1n) is 11.6. The standard InChI is InChI=1S/C30H25ClN2O4/c1-22-20-27(13-14-29(22)37-21-30(34)35)36-19-15-28(25-9-11-26(31)12-10-25)24-7-5-23(6-8-24)4-2-17-33-18-3-16-32-33/h3,5-16,18,20H,17,19,21H2,1H3,(H,34,35). The predicted molar refractivity (Wildman–Crippen MR) is 144 cm³/mol. The fourth-order valence-electron chi connectivity index (χ4n) is 3.62. The zero-order valence-corrected chi connectivity index (χ0v) is 21.0. The second kappa shape index (κ2) is 12.5. The molecule has 186 valence electrons. The summed E-state index contributed by atoms with van der Waals surface area (Å²) >= 11 is 6.11. The first-order chi connectivity index (χ1) is 18.0. The highest BCUT2D eigenvalue weighted by atomic mass is 35.5. The molecule has 0 amide bonds. The van der Waals surface area contributed by atoms with Crippen molar-refractivity contribution in [2.45, 2.75) is 13.5 Å². The molecule has 0 bridgehead atoms. The minimum atomic E-state index is -1.02. The largest absolute Gasteiger partial charge is 0.489 e. The summed E-state index contributed by atoms with van der Waals surface area (Å²) in [6, 6.07) is 22.9. The molecule has 0 unspecified atom stereocenters. The lowest BCUT2D eigenvalue weighted by atomic mass is 9.97. The van der Waals surface area contributed by atoms with Gasteiger partial charge in [-0.1, -0.05) is 47.7 Å². The Kier molecular flexibility index (Phi) is 8.64. The highest BCUT2D eigenvalue weighted by Gasteiger charge is 2.07. The Morgan fingerprint density at radius 3 is 2.43 bits per heavy atom. The van der Waals surface area contributed by atoms with Gasteiger partial charge in [0.05, 0.1) is 0 Å². The molecule has 0 spiro atoms. The number of aromatic nitrogens is 2. The molecule has 0 saturated carbocycles. The van der Waals surface area contributed by atoms with E-state index in [1.54, 1.807) is 23.0 Å². The van der Waals surface area contributed by atoms with Gasteiger partial charge in [0.2, 0.25) is 0 Å². The van der Waals surface area contributed by atoms with Gasteiger partial charge in [0.25, 0.3) is 0 Å². The molecule has 37 heavy (non-hydrogen) atoms. The van der Waals surface area contributed by atoms with Gasteiger partial charge >= 0.3 is 5.97 Å². The molecular weight excluding hydrogens is 488 g/mol. The van der Waals surface area contributed by atoms with E-state index in [9.17, 15) is 4.79 Å². The number of aliphatic carboxylic acids is 1. The van der Waals surface area contributed by atoms with E-state index in [1.807, 2.05) is 79.9 Å². The van der Waals surface area contributed by atoms with Gasteiger partial charge in [0, 0.05) is 23.0 Å². The number of hydrogen-bond acceptors (Lipinski definition) is 4. The highest BCUT2D eigenvalue weighted by molar-refractivity contribution is 6.30. The highest BCUT2D eigenvalue weighted by Crippen LogP contribution is 2.27. The van der Waals surface area contributed by atoms with Crippen LogP contribution in [0.25, 0.3) is 5.57 Å². The van der Waals surface area contributed by atoms with Crippen LogP contribution in [0.1, 0.15) is 22.3 Å². The molecular formula is C30H25ClN2O4. The average Bonchev–Trinajstić information content (AvgIpc) is 3.41. The molecule has 0 aliphatic carbocycles. The van der Waals surface area contributed by atoms with Crippen molar-refractivity contribution in [3.8, 4) is 23.3 Å². The van der Waals surface area contributed by atoms with E-state index in [0.717, 1.165) is 27.8 Å². The molecule has 6 nitrogen and oxygen atoms in total. The van der Waals surface area contributed by atoms with Crippen LogP contribution in [0.4, 0.5) is 0 Å². The summed E-state index contributed by atoms with van der Waals surface area (Å²) in [5.74, 6) is 6.45. The van der Waals surface area contributed by atoms with Crippen molar-refractivity contribution in [3.05, 3.63) is 119 Å². The number of ether oxygens (including phenoxy) is 2. The van der Waals surface area contributed by atoms with E-state index in [2.05, 4.69) is 16.9 Å². The fraction of sp³-hybridized carbons (Fsp3) is 0.133. The SMILES string of the molecule is Cc1cc(OCC=C(c2ccc(Cl)cc2)c2ccc(C#CCn3cccn3)cc2)ccc1OCC(=O)O. The molecule has 0 radical (unpaired) electrons. The molecule has 7 heteroatoms. The van der Waals surface area contributed by atoms with Gasteiger partial charge in [0.15, 0.2) is 6.61 Å². The van der Waals surface area contributed by atoms with Crippen molar-refractivity contribution in [1.29, 1.82) is 0 Å². The van der Waals surface area contributed by atoms with Crippen LogP contribution in [0.2, 0.25) is 5.02 Å². The van der Waals surface area contributed by atoms with E-state index in [-0.39, 0.29) is 6.61 Å². The number of halogens is 1. The number of hydrogen-bond donors (Lipinski definition) is 1. The van der Waals surface area contributed by atoms with Crippen LogP contribution in [0.3, 0.4) is 0 Å². The number of rotatable bonds is 9. The number of carbonyl (C=O) groups is 1. The fourth-order valence-corrected chi connectivity index (χ4v) is 3.74. The predicted octanol–water partition coefficient (Wildman–Crippen LogP) is 5.87. The first-order valence-corrected chi connectivity index (χ1v) is 12.0. The normalized spacial score (nSPS) is 10.9. The summed E-state index contributed by atoms with van der Waals surface area (Å²) in [4.78, 5) is 10.7. The van der Waals surface area contributed by atoms with Gasteiger partial charge in [-0.2, -0.15) is 5.10 Å². The maximum absolute atomic E-state index is 10.7. The number of benzene rings is 3. The van der Waals surface area contributed by atoms with Gasteiger partial charge in [-0.3, -0.25) is 4.68 Å².